The maximum atomic E-state index is 13.8. The fourth-order valence-corrected chi connectivity index (χ4v) is 8.25. The number of aromatic nitrogens is 4. The predicted octanol–water partition coefficient (Wildman–Crippen LogP) is 5.79. The summed E-state index contributed by atoms with van der Waals surface area (Å²) in [6.45, 7) is 1.29. The number of carbonyl (C=O) groups is 2. The highest BCUT2D eigenvalue weighted by atomic mass is 79.9. The van der Waals surface area contributed by atoms with Crippen LogP contribution in [0.2, 0.25) is 0 Å². The van der Waals surface area contributed by atoms with Crippen LogP contribution in [0.3, 0.4) is 0 Å². The molecule has 4 aliphatic heterocycles. The predicted molar refractivity (Wildman–Crippen MR) is 211 cm³/mol. The Morgan fingerprint density at radius 2 is 1.09 bits per heavy atom. The second-order valence-corrected chi connectivity index (χ2v) is 14.9. The first-order chi connectivity index (χ1) is 27.2. The van der Waals surface area contributed by atoms with Crippen LogP contribution in [-0.4, -0.2) is 79.4 Å². The van der Waals surface area contributed by atoms with E-state index in [1.54, 1.807) is 51.1 Å². The van der Waals surface area contributed by atoms with Crippen molar-refractivity contribution in [1.82, 2.24) is 28.9 Å². The number of aliphatic imine (C=N–C) groups is 2. The average molecular weight is 820 g/mol. The molecule has 2 atom stereocenters. The van der Waals surface area contributed by atoms with Crippen LogP contribution in [0.5, 0.6) is 23.0 Å². The number of alkyl halides is 1. The molecule has 2 amide bonds. The number of ether oxygens (including phenoxy) is 4. The Kier molecular flexibility index (Phi) is 9.11. The molecule has 0 fully saturated rings. The first kappa shape index (κ1) is 35.7. The Morgan fingerprint density at radius 1 is 0.643 bits per heavy atom. The van der Waals surface area contributed by atoms with Crippen LogP contribution in [0.4, 0.5) is 11.4 Å². The van der Waals surface area contributed by atoms with Crippen molar-refractivity contribution in [2.45, 2.75) is 56.6 Å². The molecule has 9 rings (SSSR count). The van der Waals surface area contributed by atoms with Gasteiger partial charge in [0.1, 0.15) is 13.2 Å². The van der Waals surface area contributed by atoms with Gasteiger partial charge in [0.05, 0.1) is 85.9 Å². The summed E-state index contributed by atoms with van der Waals surface area (Å²) in [5.74, 6) is 1.59. The lowest BCUT2D eigenvalue weighted by Gasteiger charge is -2.32. The van der Waals surface area contributed by atoms with Gasteiger partial charge in [0, 0.05) is 68.2 Å². The summed E-state index contributed by atoms with van der Waals surface area (Å²) in [5, 5.41) is 0.625. The minimum atomic E-state index is -0.180. The van der Waals surface area contributed by atoms with Crippen LogP contribution in [0.1, 0.15) is 60.2 Å². The lowest BCUT2D eigenvalue weighted by Crippen LogP contribution is -2.44. The number of fused-ring (bicyclic) bond motifs is 6. The summed E-state index contributed by atoms with van der Waals surface area (Å²) in [7, 11) is 7.06. The quantitative estimate of drug-likeness (QED) is 0.171. The molecule has 0 saturated carbocycles. The third-order valence-electron chi connectivity index (χ3n) is 10.9. The molecule has 15 heteroatoms. The SMILES string of the molecule is COc1cc2c(cc1OCc1cc(CBr)cc(COc3cc4c(cc3OC)C(=O)N3Cc5ncn(C)c5C[C@H]3C=N4)c1)N=CC1Cc3c(ncn3C)CN1C2=O. The lowest BCUT2D eigenvalue weighted by molar-refractivity contribution is 0.0691. The number of hydrogen-bond acceptors (Lipinski definition) is 10. The summed E-state index contributed by atoms with van der Waals surface area (Å²) in [4.78, 5) is 49.8. The van der Waals surface area contributed by atoms with Crippen molar-refractivity contribution in [1.29, 1.82) is 0 Å². The maximum Gasteiger partial charge on any atom is 0.257 e. The molecule has 286 valence electrons. The van der Waals surface area contributed by atoms with Gasteiger partial charge < -0.3 is 37.9 Å². The van der Waals surface area contributed by atoms with E-state index in [4.69, 9.17) is 28.9 Å². The molecule has 0 aliphatic carbocycles. The number of carbonyl (C=O) groups excluding carboxylic acids is 2. The number of imidazole rings is 2. The molecule has 0 bridgehead atoms. The third-order valence-corrected chi connectivity index (χ3v) is 11.6. The Bertz CT molecular complexity index is 2310. The standard InChI is InChI=1S/C41H39BrN8O6/c1-47-21-45-32-17-49-26(8-34(32)47)15-43-30-12-38(36(53-3)10-28(30)40(49)51)55-19-24-5-23(14-42)6-25(7-24)20-56-39-13-31-29(11-37(39)54-4)41(52)50-18-33-35(48(2)22-46-33)9-27(50)16-44-31/h5-7,10-13,15-16,21-22,26-27H,8-9,14,17-20H2,1-4H3/t26-,27?/m0/s1. The zero-order valence-corrected chi connectivity index (χ0v) is 32.9. The van der Waals surface area contributed by atoms with Crippen LogP contribution >= 0.6 is 15.9 Å². The molecule has 56 heavy (non-hydrogen) atoms. The van der Waals surface area contributed by atoms with Crippen molar-refractivity contribution in [2.75, 3.05) is 14.2 Å². The summed E-state index contributed by atoms with van der Waals surface area (Å²) < 4.78 is 28.2. The van der Waals surface area contributed by atoms with E-state index in [0.717, 1.165) is 39.5 Å². The average Bonchev–Trinajstić information content (AvgIpc) is 3.69. The Hall–Kier alpha value is -5.96. The Morgan fingerprint density at radius 3 is 1.52 bits per heavy atom. The van der Waals surface area contributed by atoms with E-state index in [9.17, 15) is 9.59 Å². The normalized spacial score (nSPS) is 17.9. The van der Waals surface area contributed by atoms with E-state index >= 15 is 0 Å². The van der Waals surface area contributed by atoms with Gasteiger partial charge in [-0.1, -0.05) is 28.1 Å². The molecule has 4 aliphatic rings. The van der Waals surface area contributed by atoms with Crippen molar-refractivity contribution < 1.29 is 28.5 Å². The van der Waals surface area contributed by atoms with E-state index in [1.807, 2.05) is 51.5 Å². The van der Waals surface area contributed by atoms with Crippen LogP contribution < -0.4 is 18.9 Å². The fraction of sp³-hybridized carbons (Fsp3) is 0.317. The number of nitrogens with zero attached hydrogens (tertiary/aromatic N) is 8. The molecule has 0 spiro atoms. The highest BCUT2D eigenvalue weighted by Crippen LogP contribution is 2.40. The maximum absolute atomic E-state index is 13.8. The van der Waals surface area contributed by atoms with Crippen molar-refractivity contribution >= 4 is 51.5 Å². The number of aryl methyl sites for hydroxylation is 2. The van der Waals surface area contributed by atoms with Gasteiger partial charge in [0.15, 0.2) is 23.0 Å². The van der Waals surface area contributed by atoms with E-state index in [1.165, 1.54) is 0 Å². The van der Waals surface area contributed by atoms with E-state index in [-0.39, 0.29) is 37.1 Å². The fourth-order valence-electron chi connectivity index (χ4n) is 7.93. The molecule has 0 saturated heterocycles. The zero-order chi connectivity index (χ0) is 38.7. The second-order valence-electron chi connectivity index (χ2n) is 14.4. The molecule has 14 nitrogen and oxygen atoms in total. The molecule has 0 radical (unpaired) electrons. The number of amides is 2. The van der Waals surface area contributed by atoms with Gasteiger partial charge in [-0.25, -0.2) is 9.97 Å². The van der Waals surface area contributed by atoms with Crippen LogP contribution in [0, 0.1) is 0 Å². The highest BCUT2D eigenvalue weighted by molar-refractivity contribution is 9.08. The molecule has 6 heterocycles. The number of hydrogen-bond donors (Lipinski definition) is 0. The van der Waals surface area contributed by atoms with Gasteiger partial charge in [0.25, 0.3) is 11.8 Å². The number of methoxy groups -OCH3 is 2. The lowest BCUT2D eigenvalue weighted by atomic mass is 10.0. The number of benzene rings is 3. The van der Waals surface area contributed by atoms with Gasteiger partial charge in [-0.2, -0.15) is 0 Å². The Labute approximate surface area is 331 Å². The van der Waals surface area contributed by atoms with Gasteiger partial charge in [0.2, 0.25) is 0 Å². The third kappa shape index (κ3) is 6.29. The smallest absolute Gasteiger partial charge is 0.257 e. The molecule has 3 aromatic carbocycles. The minimum absolute atomic E-state index is 0.123. The van der Waals surface area contributed by atoms with E-state index < -0.39 is 0 Å². The molecular formula is C41H39BrN8O6. The van der Waals surface area contributed by atoms with Gasteiger partial charge in [-0.05, 0) is 34.9 Å². The van der Waals surface area contributed by atoms with Gasteiger partial charge in [-0.15, -0.1) is 0 Å². The largest absolute Gasteiger partial charge is 0.493 e. The number of rotatable bonds is 9. The molecule has 5 aromatic rings. The molecule has 0 N–H and O–H groups in total. The summed E-state index contributed by atoms with van der Waals surface area (Å²) in [5.41, 5.74) is 8.85. The first-order valence-corrected chi connectivity index (χ1v) is 19.4. The van der Waals surface area contributed by atoms with Crippen molar-refractivity contribution in [3.8, 4) is 23.0 Å². The topological polar surface area (TPSA) is 138 Å². The van der Waals surface area contributed by atoms with Crippen molar-refractivity contribution in [3.05, 3.63) is 106 Å². The zero-order valence-electron chi connectivity index (χ0n) is 31.4. The summed E-state index contributed by atoms with van der Waals surface area (Å²) in [6, 6.07) is 12.7. The first-order valence-electron chi connectivity index (χ1n) is 18.3. The highest BCUT2D eigenvalue weighted by Gasteiger charge is 2.36. The minimum Gasteiger partial charge on any atom is -0.493 e. The molecule has 2 aromatic heterocycles. The van der Waals surface area contributed by atoms with E-state index in [2.05, 4.69) is 38.0 Å². The number of halogens is 1. The second kappa shape index (κ2) is 14.3. The molecule has 1 unspecified atom stereocenters. The molecular weight excluding hydrogens is 780 g/mol. The van der Waals surface area contributed by atoms with E-state index in [0.29, 0.717) is 76.8 Å². The van der Waals surface area contributed by atoms with Crippen LogP contribution in [0.25, 0.3) is 0 Å². The van der Waals surface area contributed by atoms with Crippen LogP contribution in [0.15, 0.2) is 65.1 Å². The summed E-state index contributed by atoms with van der Waals surface area (Å²) >= 11 is 3.61. The van der Waals surface area contributed by atoms with Crippen molar-refractivity contribution in [3.63, 3.8) is 0 Å². The van der Waals surface area contributed by atoms with Gasteiger partial charge in [-0.3, -0.25) is 19.6 Å². The Balaban J connectivity index is 0.925. The van der Waals surface area contributed by atoms with Crippen molar-refractivity contribution in [2.24, 2.45) is 24.1 Å². The summed E-state index contributed by atoms with van der Waals surface area (Å²) in [6.07, 6.45) is 8.54. The van der Waals surface area contributed by atoms with Gasteiger partial charge >= 0.3 is 0 Å². The monoisotopic (exact) mass is 818 g/mol. The van der Waals surface area contributed by atoms with Crippen LogP contribution in [-0.2, 0) is 58.6 Å².